The zero-order valence-electron chi connectivity index (χ0n) is 17.7. The Labute approximate surface area is 181 Å². The molecule has 0 bridgehead atoms. The average Bonchev–Trinajstić information content (AvgIpc) is 3.31. The van der Waals surface area contributed by atoms with Crippen LogP contribution in [-0.4, -0.2) is 64.7 Å². The lowest BCUT2D eigenvalue weighted by Crippen LogP contribution is -2.45. The van der Waals surface area contributed by atoms with Crippen LogP contribution in [0.3, 0.4) is 0 Å². The molecule has 5 atom stereocenters. The molecule has 0 radical (unpaired) electrons. The largest absolute Gasteiger partial charge is 0.453 e. The van der Waals surface area contributed by atoms with E-state index >= 15 is 0 Å². The first-order valence-corrected chi connectivity index (χ1v) is 9.83. The van der Waals surface area contributed by atoms with E-state index in [0.717, 1.165) is 18.2 Å². The molecule has 3 saturated heterocycles. The molecule has 3 aliphatic heterocycles. The van der Waals surface area contributed by atoms with Crippen LogP contribution >= 0.6 is 0 Å². The number of non-ortho nitro benzene ring substituents is 2. The van der Waals surface area contributed by atoms with Crippen molar-refractivity contribution in [3.8, 4) is 0 Å². The van der Waals surface area contributed by atoms with Crippen molar-refractivity contribution in [2.75, 3.05) is 6.61 Å². The van der Waals surface area contributed by atoms with Crippen LogP contribution in [0.25, 0.3) is 0 Å². The van der Waals surface area contributed by atoms with Gasteiger partial charge in [0, 0.05) is 12.1 Å². The number of carbonyl (C=O) groups is 1. The van der Waals surface area contributed by atoms with Crippen LogP contribution in [0.2, 0.25) is 0 Å². The minimum Gasteiger partial charge on any atom is -0.453 e. The van der Waals surface area contributed by atoms with Crippen molar-refractivity contribution in [2.24, 2.45) is 0 Å². The molecule has 13 heteroatoms. The number of benzene rings is 1. The standard InChI is InChI=1S/C19H22N2O11/c1-18(2)27-8-12(30-18)13-14(15-17(29-13)32-19(3,4)31-15)28-16(22)9-5-10(20(23)24)7-11(6-9)21(25)26/h5-7,12-15,17H,8H2,1-4H3/t12?,13-,14-,15-,17-/m1/s1. The number of rotatable bonds is 5. The van der Waals surface area contributed by atoms with Gasteiger partial charge in [-0.1, -0.05) is 0 Å². The molecule has 0 N–H and O–H groups in total. The highest BCUT2D eigenvalue weighted by Gasteiger charge is 2.60. The summed E-state index contributed by atoms with van der Waals surface area (Å²) in [4.78, 5) is 33.5. The van der Waals surface area contributed by atoms with Gasteiger partial charge in [0.15, 0.2) is 30.1 Å². The van der Waals surface area contributed by atoms with Gasteiger partial charge in [-0.25, -0.2) is 4.79 Å². The second-order valence-corrected chi connectivity index (χ2v) is 8.56. The molecule has 32 heavy (non-hydrogen) atoms. The maximum absolute atomic E-state index is 12.9. The molecule has 1 aromatic carbocycles. The van der Waals surface area contributed by atoms with E-state index in [1.165, 1.54) is 0 Å². The summed E-state index contributed by atoms with van der Waals surface area (Å²) >= 11 is 0. The Hall–Kier alpha value is -2.71. The van der Waals surface area contributed by atoms with Crippen LogP contribution in [0.5, 0.6) is 0 Å². The third kappa shape index (κ3) is 4.29. The van der Waals surface area contributed by atoms with Crippen molar-refractivity contribution in [3.63, 3.8) is 0 Å². The van der Waals surface area contributed by atoms with Crippen LogP contribution in [0.15, 0.2) is 18.2 Å². The molecule has 0 saturated carbocycles. The normalized spacial score (nSPS) is 32.4. The summed E-state index contributed by atoms with van der Waals surface area (Å²) in [6.45, 7) is 6.96. The van der Waals surface area contributed by atoms with Gasteiger partial charge >= 0.3 is 5.97 Å². The lowest BCUT2D eigenvalue weighted by molar-refractivity contribution is -0.394. The van der Waals surface area contributed by atoms with Crippen LogP contribution in [0, 0.1) is 20.2 Å². The number of nitrogens with zero attached hydrogens (tertiary/aromatic N) is 2. The van der Waals surface area contributed by atoms with Gasteiger partial charge in [-0.2, -0.15) is 0 Å². The molecule has 0 amide bonds. The molecule has 174 valence electrons. The van der Waals surface area contributed by atoms with Crippen LogP contribution in [-0.2, 0) is 28.4 Å². The number of nitro benzene ring substituents is 2. The lowest BCUT2D eigenvalue weighted by Gasteiger charge is -2.28. The number of esters is 1. The quantitative estimate of drug-likeness (QED) is 0.364. The summed E-state index contributed by atoms with van der Waals surface area (Å²) in [6, 6.07) is 2.58. The zero-order valence-corrected chi connectivity index (χ0v) is 17.7. The van der Waals surface area contributed by atoms with E-state index in [1.807, 2.05) is 0 Å². The second kappa shape index (κ2) is 7.71. The molecule has 1 unspecified atom stereocenters. The molecular weight excluding hydrogens is 432 g/mol. The van der Waals surface area contributed by atoms with Crippen LogP contribution < -0.4 is 0 Å². The number of nitro groups is 2. The summed E-state index contributed by atoms with van der Waals surface area (Å²) in [7, 11) is 0. The summed E-state index contributed by atoms with van der Waals surface area (Å²) in [5.74, 6) is -2.88. The number of hydrogen-bond donors (Lipinski definition) is 0. The highest BCUT2D eigenvalue weighted by molar-refractivity contribution is 5.91. The Bertz CT molecular complexity index is 930. The van der Waals surface area contributed by atoms with Gasteiger partial charge in [-0.15, -0.1) is 0 Å². The topological polar surface area (TPSA) is 159 Å². The number of fused-ring (bicyclic) bond motifs is 1. The fourth-order valence-electron chi connectivity index (χ4n) is 3.93. The molecule has 0 aromatic heterocycles. The van der Waals surface area contributed by atoms with Gasteiger partial charge in [0.1, 0.15) is 12.2 Å². The molecule has 1 aromatic rings. The van der Waals surface area contributed by atoms with Crippen molar-refractivity contribution >= 4 is 17.3 Å². The SMILES string of the molecule is CC1(C)OCC([C@H]2O[C@@H]3OC(C)(C)O[C@@H]3[C@@H]2OC(=O)c2cc([N+](=O)[O-])cc([N+](=O)[O-])c2)O1. The summed E-state index contributed by atoms with van der Waals surface area (Å²) < 4.78 is 34.5. The van der Waals surface area contributed by atoms with E-state index in [4.69, 9.17) is 28.4 Å². The number of hydrogen-bond acceptors (Lipinski definition) is 11. The van der Waals surface area contributed by atoms with E-state index in [1.54, 1.807) is 27.7 Å². The van der Waals surface area contributed by atoms with E-state index in [9.17, 15) is 25.0 Å². The molecule has 13 nitrogen and oxygen atoms in total. The zero-order chi connectivity index (χ0) is 23.4. The Morgan fingerprint density at radius 1 is 0.969 bits per heavy atom. The highest BCUT2D eigenvalue weighted by atomic mass is 16.9. The molecule has 0 aliphatic carbocycles. The summed E-state index contributed by atoms with van der Waals surface area (Å²) in [5, 5.41) is 22.3. The molecular formula is C19H22N2O11. The first-order valence-electron chi connectivity index (χ1n) is 9.83. The molecule has 3 aliphatic rings. The Morgan fingerprint density at radius 3 is 2.12 bits per heavy atom. The summed E-state index contributed by atoms with van der Waals surface area (Å²) in [5.41, 5.74) is -1.58. The van der Waals surface area contributed by atoms with Crippen LogP contribution in [0.4, 0.5) is 11.4 Å². The van der Waals surface area contributed by atoms with Crippen molar-refractivity contribution in [1.29, 1.82) is 0 Å². The fraction of sp³-hybridized carbons (Fsp3) is 0.632. The average molecular weight is 454 g/mol. The van der Waals surface area contributed by atoms with E-state index in [2.05, 4.69) is 0 Å². The smallest absolute Gasteiger partial charge is 0.339 e. The number of ether oxygens (including phenoxy) is 6. The first-order chi connectivity index (χ1) is 14.8. The lowest BCUT2D eigenvalue weighted by atomic mass is 10.1. The van der Waals surface area contributed by atoms with Gasteiger partial charge in [0.05, 0.1) is 28.1 Å². The van der Waals surface area contributed by atoms with E-state index < -0.39 is 69.5 Å². The van der Waals surface area contributed by atoms with Crippen LogP contribution in [0.1, 0.15) is 38.1 Å². The molecule has 0 spiro atoms. The summed E-state index contributed by atoms with van der Waals surface area (Å²) in [6.07, 6.45) is -4.10. The Kier molecular flexibility index (Phi) is 5.41. The van der Waals surface area contributed by atoms with Gasteiger partial charge < -0.3 is 28.4 Å². The predicted molar refractivity (Wildman–Crippen MR) is 103 cm³/mol. The minimum absolute atomic E-state index is 0.164. The maximum atomic E-state index is 12.9. The van der Waals surface area contributed by atoms with Gasteiger partial charge in [-0.3, -0.25) is 20.2 Å². The fourth-order valence-corrected chi connectivity index (χ4v) is 3.93. The van der Waals surface area contributed by atoms with Crippen molar-refractivity contribution < 1.29 is 43.1 Å². The van der Waals surface area contributed by atoms with Crippen molar-refractivity contribution in [2.45, 2.75) is 70.0 Å². The first kappa shape index (κ1) is 22.5. The van der Waals surface area contributed by atoms with Crippen molar-refractivity contribution in [3.05, 3.63) is 44.0 Å². The molecule has 3 fully saturated rings. The highest BCUT2D eigenvalue weighted by Crippen LogP contribution is 2.42. The predicted octanol–water partition coefficient (Wildman–Crippen LogP) is 2.06. The van der Waals surface area contributed by atoms with Gasteiger partial charge in [-0.05, 0) is 27.7 Å². The monoisotopic (exact) mass is 454 g/mol. The molecule has 4 rings (SSSR count). The van der Waals surface area contributed by atoms with E-state index in [-0.39, 0.29) is 12.2 Å². The third-order valence-corrected chi connectivity index (χ3v) is 5.23. The minimum atomic E-state index is -1.02. The maximum Gasteiger partial charge on any atom is 0.339 e. The Morgan fingerprint density at radius 2 is 1.59 bits per heavy atom. The second-order valence-electron chi connectivity index (χ2n) is 8.56. The van der Waals surface area contributed by atoms with Crippen molar-refractivity contribution in [1.82, 2.24) is 0 Å². The number of carbonyl (C=O) groups excluding carboxylic acids is 1. The third-order valence-electron chi connectivity index (χ3n) is 5.23. The Balaban J connectivity index is 1.61. The molecule has 3 heterocycles. The van der Waals surface area contributed by atoms with Gasteiger partial charge in [0.25, 0.3) is 11.4 Å². The van der Waals surface area contributed by atoms with Gasteiger partial charge in [0.2, 0.25) is 0 Å². The van der Waals surface area contributed by atoms with E-state index in [0.29, 0.717) is 0 Å².